The van der Waals surface area contributed by atoms with Crippen LogP contribution in [0.4, 0.5) is 11.4 Å². The second-order valence-corrected chi connectivity index (χ2v) is 6.89. The van der Waals surface area contributed by atoms with Crippen molar-refractivity contribution in [2.45, 2.75) is 20.8 Å². The van der Waals surface area contributed by atoms with E-state index < -0.39 is 0 Å². The summed E-state index contributed by atoms with van der Waals surface area (Å²) in [7, 11) is 0. The topological polar surface area (TPSA) is 49.4 Å². The van der Waals surface area contributed by atoms with Crippen LogP contribution in [0, 0.1) is 20.8 Å². The van der Waals surface area contributed by atoms with E-state index in [4.69, 9.17) is 0 Å². The van der Waals surface area contributed by atoms with Crippen molar-refractivity contribution in [1.29, 1.82) is 0 Å². The smallest absolute Gasteiger partial charge is 0.259 e. The van der Waals surface area contributed by atoms with Gasteiger partial charge in [-0.15, -0.1) is 0 Å². The van der Waals surface area contributed by atoms with Crippen molar-refractivity contribution in [2.24, 2.45) is 0 Å². The monoisotopic (exact) mass is 344 g/mol. The number of benzene rings is 3. The molecule has 3 aromatic rings. The number of carbonyl (C=O) groups excluding carboxylic acids is 2. The van der Waals surface area contributed by atoms with Gasteiger partial charge in [0.05, 0.1) is 5.69 Å². The standard InChI is InChI=1S/C22H20N2O2/c1-13-10-14(2)21(15(3)11-13)23-19(25)12-24-18-9-5-7-16-6-4-8-17(20(16)18)22(24)26/h4-11H,12H2,1-3H3,(H,23,25). The van der Waals surface area contributed by atoms with E-state index in [-0.39, 0.29) is 18.4 Å². The minimum atomic E-state index is -0.196. The van der Waals surface area contributed by atoms with Gasteiger partial charge in [0, 0.05) is 16.6 Å². The number of anilines is 2. The largest absolute Gasteiger partial charge is 0.324 e. The van der Waals surface area contributed by atoms with Gasteiger partial charge in [-0.2, -0.15) is 0 Å². The van der Waals surface area contributed by atoms with Crippen LogP contribution in [0.15, 0.2) is 48.5 Å². The van der Waals surface area contributed by atoms with Crippen LogP contribution in [0.5, 0.6) is 0 Å². The molecule has 1 heterocycles. The highest BCUT2D eigenvalue weighted by atomic mass is 16.2. The Bertz CT molecular complexity index is 1040. The maximum absolute atomic E-state index is 12.8. The van der Waals surface area contributed by atoms with Crippen molar-refractivity contribution in [2.75, 3.05) is 16.8 Å². The summed E-state index contributed by atoms with van der Waals surface area (Å²) in [6.07, 6.45) is 0. The molecule has 0 aliphatic carbocycles. The van der Waals surface area contributed by atoms with Crippen LogP contribution in [-0.2, 0) is 4.79 Å². The SMILES string of the molecule is Cc1cc(C)c(NC(=O)CN2C(=O)c3cccc4cccc2c34)c(C)c1. The van der Waals surface area contributed by atoms with Crippen LogP contribution in [0.1, 0.15) is 27.0 Å². The average Bonchev–Trinajstić information content (AvgIpc) is 2.86. The molecule has 4 nitrogen and oxygen atoms in total. The van der Waals surface area contributed by atoms with Gasteiger partial charge in [0.1, 0.15) is 6.54 Å². The van der Waals surface area contributed by atoms with Gasteiger partial charge >= 0.3 is 0 Å². The maximum Gasteiger partial charge on any atom is 0.259 e. The van der Waals surface area contributed by atoms with Crippen molar-refractivity contribution in [3.05, 3.63) is 70.8 Å². The molecule has 26 heavy (non-hydrogen) atoms. The number of nitrogens with one attached hydrogen (secondary N) is 1. The van der Waals surface area contributed by atoms with Crippen LogP contribution >= 0.6 is 0 Å². The fraction of sp³-hybridized carbons (Fsp3) is 0.182. The minimum absolute atomic E-state index is 0.000612. The Kier molecular flexibility index (Phi) is 3.76. The number of amides is 2. The van der Waals surface area contributed by atoms with Crippen LogP contribution in [0.3, 0.4) is 0 Å². The van der Waals surface area contributed by atoms with Crippen LogP contribution in [0.2, 0.25) is 0 Å². The highest BCUT2D eigenvalue weighted by Gasteiger charge is 2.30. The molecule has 1 aliphatic heterocycles. The summed E-state index contributed by atoms with van der Waals surface area (Å²) in [4.78, 5) is 27.0. The molecule has 0 unspecified atom stereocenters. The summed E-state index contributed by atoms with van der Waals surface area (Å²) in [5.41, 5.74) is 5.49. The summed E-state index contributed by atoms with van der Waals surface area (Å²) in [6, 6.07) is 15.6. The summed E-state index contributed by atoms with van der Waals surface area (Å²) in [5.74, 6) is -0.317. The van der Waals surface area contributed by atoms with Crippen molar-refractivity contribution in [3.8, 4) is 0 Å². The number of aryl methyl sites for hydroxylation is 3. The van der Waals surface area contributed by atoms with Crippen molar-refractivity contribution < 1.29 is 9.59 Å². The molecule has 3 aromatic carbocycles. The molecule has 0 radical (unpaired) electrons. The molecule has 4 rings (SSSR count). The first-order valence-corrected chi connectivity index (χ1v) is 8.67. The van der Waals surface area contributed by atoms with Crippen LogP contribution in [0.25, 0.3) is 10.8 Å². The number of carbonyl (C=O) groups is 2. The van der Waals surface area contributed by atoms with Gasteiger partial charge in [0.2, 0.25) is 5.91 Å². The first kappa shape index (κ1) is 16.3. The summed E-state index contributed by atoms with van der Waals surface area (Å²) in [6.45, 7) is 5.99. The molecule has 0 fully saturated rings. The third-order valence-electron chi connectivity index (χ3n) is 4.89. The van der Waals surface area contributed by atoms with E-state index >= 15 is 0 Å². The molecule has 1 aliphatic rings. The fourth-order valence-electron chi connectivity index (χ4n) is 3.84. The lowest BCUT2D eigenvalue weighted by Gasteiger charge is -2.19. The zero-order valence-corrected chi connectivity index (χ0v) is 15.1. The molecule has 0 aromatic heterocycles. The molecule has 130 valence electrons. The van der Waals surface area contributed by atoms with Gasteiger partial charge < -0.3 is 5.32 Å². The molecule has 0 saturated carbocycles. The number of rotatable bonds is 3. The van der Waals surface area contributed by atoms with E-state index in [0.29, 0.717) is 5.56 Å². The van der Waals surface area contributed by atoms with Gasteiger partial charge in [-0.25, -0.2) is 0 Å². The predicted octanol–water partition coefficient (Wildman–Crippen LogP) is 4.36. The second-order valence-electron chi connectivity index (χ2n) is 6.89. The van der Waals surface area contributed by atoms with Gasteiger partial charge in [-0.05, 0) is 49.4 Å². The quantitative estimate of drug-likeness (QED) is 0.767. The Labute approximate surface area is 152 Å². The lowest BCUT2D eigenvalue weighted by molar-refractivity contribution is -0.114. The molecule has 0 bridgehead atoms. The molecule has 4 heteroatoms. The number of nitrogens with zero attached hydrogens (tertiary/aromatic N) is 1. The minimum Gasteiger partial charge on any atom is -0.324 e. The second kappa shape index (κ2) is 5.99. The molecule has 0 atom stereocenters. The van der Waals surface area contributed by atoms with Gasteiger partial charge in [0.25, 0.3) is 5.91 Å². The zero-order valence-electron chi connectivity index (χ0n) is 15.1. The molecule has 0 saturated heterocycles. The van der Waals surface area contributed by atoms with Crippen LogP contribution in [-0.4, -0.2) is 18.4 Å². The molecule has 0 spiro atoms. The van der Waals surface area contributed by atoms with Crippen molar-refractivity contribution in [1.82, 2.24) is 0 Å². The first-order chi connectivity index (χ1) is 12.5. The Morgan fingerprint density at radius 2 is 1.65 bits per heavy atom. The highest BCUT2D eigenvalue weighted by molar-refractivity contribution is 6.26. The van der Waals surface area contributed by atoms with Crippen molar-refractivity contribution >= 4 is 34.0 Å². The molecular weight excluding hydrogens is 324 g/mol. The molecular formula is C22H20N2O2. The highest BCUT2D eigenvalue weighted by Crippen LogP contribution is 2.37. The van der Waals surface area contributed by atoms with E-state index in [1.807, 2.05) is 69.3 Å². The van der Waals surface area contributed by atoms with E-state index in [1.54, 1.807) is 4.90 Å². The fourth-order valence-corrected chi connectivity index (χ4v) is 3.84. The maximum atomic E-state index is 12.8. The average molecular weight is 344 g/mol. The lowest BCUT2D eigenvalue weighted by atomic mass is 10.1. The van der Waals surface area contributed by atoms with Gasteiger partial charge in [-0.1, -0.05) is 42.0 Å². The first-order valence-electron chi connectivity index (χ1n) is 8.67. The summed E-state index contributed by atoms with van der Waals surface area (Å²) in [5, 5.41) is 4.92. The zero-order chi connectivity index (χ0) is 18.4. The Morgan fingerprint density at radius 3 is 2.35 bits per heavy atom. The third-order valence-corrected chi connectivity index (χ3v) is 4.89. The lowest BCUT2D eigenvalue weighted by Crippen LogP contribution is -2.35. The third kappa shape index (κ3) is 2.54. The van der Waals surface area contributed by atoms with E-state index in [0.717, 1.165) is 38.8 Å². The van der Waals surface area contributed by atoms with Gasteiger partial charge in [0.15, 0.2) is 0 Å². The van der Waals surface area contributed by atoms with Crippen LogP contribution < -0.4 is 10.2 Å². The Hall–Kier alpha value is -3.14. The normalized spacial score (nSPS) is 12.7. The summed E-state index contributed by atoms with van der Waals surface area (Å²) >= 11 is 0. The predicted molar refractivity (Wildman–Crippen MR) is 105 cm³/mol. The van der Waals surface area contributed by atoms with Crippen molar-refractivity contribution in [3.63, 3.8) is 0 Å². The number of hydrogen-bond donors (Lipinski definition) is 1. The number of hydrogen-bond acceptors (Lipinski definition) is 2. The van der Waals surface area contributed by atoms with E-state index in [9.17, 15) is 9.59 Å². The van der Waals surface area contributed by atoms with E-state index in [1.165, 1.54) is 0 Å². The Balaban J connectivity index is 1.62. The molecule has 2 amide bonds. The van der Waals surface area contributed by atoms with Gasteiger partial charge in [-0.3, -0.25) is 14.5 Å². The Morgan fingerprint density at radius 1 is 1.00 bits per heavy atom. The summed E-state index contributed by atoms with van der Waals surface area (Å²) < 4.78 is 0. The van der Waals surface area contributed by atoms with E-state index in [2.05, 4.69) is 5.32 Å². The molecule has 1 N–H and O–H groups in total.